The molecule has 0 aromatic heterocycles. The van der Waals surface area contributed by atoms with E-state index in [1.807, 2.05) is 24.3 Å². The first kappa shape index (κ1) is 17.2. The fourth-order valence-corrected chi connectivity index (χ4v) is 2.70. The molecule has 0 amide bonds. The Kier molecular flexibility index (Phi) is 5.81. The normalized spacial score (nSPS) is 10.6. The van der Waals surface area contributed by atoms with Gasteiger partial charge in [-0.3, -0.25) is 0 Å². The van der Waals surface area contributed by atoms with Crippen molar-refractivity contribution in [2.45, 2.75) is 26.6 Å². The molecule has 0 saturated carbocycles. The van der Waals surface area contributed by atoms with Crippen LogP contribution in [0, 0.1) is 12.7 Å². The summed E-state index contributed by atoms with van der Waals surface area (Å²) < 4.78 is 18.9. The fraction of sp³-hybridized carbons (Fsp3) is 0.182. The van der Waals surface area contributed by atoms with Crippen molar-refractivity contribution in [3.63, 3.8) is 0 Å². The highest BCUT2D eigenvalue weighted by Crippen LogP contribution is 2.19. The van der Waals surface area contributed by atoms with Crippen molar-refractivity contribution >= 4 is 0 Å². The van der Waals surface area contributed by atoms with E-state index < -0.39 is 0 Å². The van der Waals surface area contributed by atoms with E-state index >= 15 is 0 Å². The number of para-hydroxylation sites is 1. The molecule has 0 saturated heterocycles. The molecule has 3 aromatic rings. The SMILES string of the molecule is Cc1cccc(COc2ccccc2CNCc2ccc(F)cc2)c1. The van der Waals surface area contributed by atoms with Crippen molar-refractivity contribution in [2.75, 3.05) is 0 Å². The molecule has 0 fully saturated rings. The summed E-state index contributed by atoms with van der Waals surface area (Å²) in [6.45, 7) is 4.02. The average Bonchev–Trinajstić information content (AvgIpc) is 2.63. The topological polar surface area (TPSA) is 21.3 Å². The summed E-state index contributed by atoms with van der Waals surface area (Å²) in [5.74, 6) is 0.675. The van der Waals surface area contributed by atoms with Gasteiger partial charge in [-0.25, -0.2) is 4.39 Å². The van der Waals surface area contributed by atoms with Crippen LogP contribution in [0.25, 0.3) is 0 Å². The first-order chi connectivity index (χ1) is 12.2. The number of hydrogen-bond acceptors (Lipinski definition) is 2. The number of aryl methyl sites for hydroxylation is 1. The molecule has 0 unspecified atom stereocenters. The van der Waals surface area contributed by atoms with Crippen LogP contribution in [0.2, 0.25) is 0 Å². The van der Waals surface area contributed by atoms with Crippen LogP contribution in [0.5, 0.6) is 5.75 Å². The van der Waals surface area contributed by atoms with E-state index in [1.54, 1.807) is 12.1 Å². The fourth-order valence-electron chi connectivity index (χ4n) is 2.70. The van der Waals surface area contributed by atoms with E-state index in [-0.39, 0.29) is 5.82 Å². The zero-order valence-corrected chi connectivity index (χ0v) is 14.3. The van der Waals surface area contributed by atoms with Crippen molar-refractivity contribution in [1.82, 2.24) is 5.32 Å². The predicted molar refractivity (Wildman–Crippen MR) is 98.9 cm³/mol. The molecule has 0 atom stereocenters. The molecule has 0 radical (unpaired) electrons. The second kappa shape index (κ2) is 8.45. The molecular weight excluding hydrogens is 313 g/mol. The molecule has 0 spiro atoms. The van der Waals surface area contributed by atoms with Gasteiger partial charge in [0.25, 0.3) is 0 Å². The van der Waals surface area contributed by atoms with Crippen molar-refractivity contribution in [3.8, 4) is 5.75 Å². The van der Waals surface area contributed by atoms with Gasteiger partial charge in [0.1, 0.15) is 18.2 Å². The molecule has 3 rings (SSSR count). The lowest BCUT2D eigenvalue weighted by Crippen LogP contribution is -2.13. The van der Waals surface area contributed by atoms with E-state index in [0.29, 0.717) is 19.7 Å². The summed E-state index contributed by atoms with van der Waals surface area (Å²) >= 11 is 0. The van der Waals surface area contributed by atoms with Crippen molar-refractivity contribution in [1.29, 1.82) is 0 Å². The number of benzene rings is 3. The maximum absolute atomic E-state index is 12.9. The molecular formula is C22H22FNO. The Hall–Kier alpha value is -2.65. The summed E-state index contributed by atoms with van der Waals surface area (Å²) in [7, 11) is 0. The molecule has 2 nitrogen and oxygen atoms in total. The largest absolute Gasteiger partial charge is 0.489 e. The lowest BCUT2D eigenvalue weighted by Gasteiger charge is -2.13. The third kappa shape index (κ3) is 5.16. The predicted octanol–water partition coefficient (Wildman–Crippen LogP) is 5.00. The zero-order valence-electron chi connectivity index (χ0n) is 14.3. The molecule has 128 valence electrons. The van der Waals surface area contributed by atoms with E-state index in [4.69, 9.17) is 4.74 Å². The Morgan fingerprint density at radius 2 is 1.64 bits per heavy atom. The Morgan fingerprint density at radius 3 is 2.44 bits per heavy atom. The van der Waals surface area contributed by atoms with Crippen LogP contribution in [0.1, 0.15) is 22.3 Å². The first-order valence-electron chi connectivity index (χ1n) is 8.42. The second-order valence-electron chi connectivity index (χ2n) is 6.12. The molecule has 0 heterocycles. The lowest BCUT2D eigenvalue weighted by molar-refractivity contribution is 0.302. The molecule has 1 N–H and O–H groups in total. The summed E-state index contributed by atoms with van der Waals surface area (Å²) in [6.07, 6.45) is 0. The number of hydrogen-bond donors (Lipinski definition) is 1. The van der Waals surface area contributed by atoms with Crippen LogP contribution in [-0.4, -0.2) is 0 Å². The first-order valence-corrected chi connectivity index (χ1v) is 8.42. The monoisotopic (exact) mass is 335 g/mol. The second-order valence-corrected chi connectivity index (χ2v) is 6.12. The van der Waals surface area contributed by atoms with Gasteiger partial charge in [-0.15, -0.1) is 0 Å². The van der Waals surface area contributed by atoms with E-state index in [1.165, 1.54) is 17.7 Å². The number of nitrogens with one attached hydrogen (secondary N) is 1. The Bertz CT molecular complexity index is 814. The third-order valence-electron chi connectivity index (χ3n) is 4.01. The Morgan fingerprint density at radius 1 is 0.840 bits per heavy atom. The minimum Gasteiger partial charge on any atom is -0.489 e. The van der Waals surface area contributed by atoms with Gasteiger partial charge in [0.15, 0.2) is 0 Å². The summed E-state index contributed by atoms with van der Waals surface area (Å²) in [5.41, 5.74) is 4.56. The van der Waals surface area contributed by atoms with Crippen LogP contribution in [0.4, 0.5) is 4.39 Å². The highest BCUT2D eigenvalue weighted by Gasteiger charge is 2.04. The molecule has 3 heteroatoms. The standard InChI is InChI=1S/C22H22FNO/c1-17-5-4-6-19(13-17)16-25-22-8-3-2-7-20(22)15-24-14-18-9-11-21(23)12-10-18/h2-13,24H,14-16H2,1H3. The van der Waals surface area contributed by atoms with Crippen LogP contribution < -0.4 is 10.1 Å². The molecule has 0 bridgehead atoms. The van der Waals surface area contributed by atoms with Gasteiger partial charge in [-0.1, -0.05) is 60.2 Å². The number of ether oxygens (including phenoxy) is 1. The quantitative estimate of drug-likeness (QED) is 0.656. The van der Waals surface area contributed by atoms with Gasteiger partial charge < -0.3 is 10.1 Å². The minimum absolute atomic E-state index is 0.210. The van der Waals surface area contributed by atoms with E-state index in [9.17, 15) is 4.39 Å². The highest BCUT2D eigenvalue weighted by atomic mass is 19.1. The van der Waals surface area contributed by atoms with Crippen LogP contribution in [-0.2, 0) is 19.7 Å². The smallest absolute Gasteiger partial charge is 0.124 e. The summed E-state index contributed by atoms with van der Waals surface area (Å²) in [5, 5.41) is 3.38. The highest BCUT2D eigenvalue weighted by molar-refractivity contribution is 5.34. The van der Waals surface area contributed by atoms with E-state index in [0.717, 1.165) is 22.4 Å². The van der Waals surface area contributed by atoms with Crippen molar-refractivity contribution in [3.05, 3.63) is 101 Å². The van der Waals surface area contributed by atoms with Gasteiger partial charge in [0, 0.05) is 18.7 Å². The molecule has 25 heavy (non-hydrogen) atoms. The van der Waals surface area contributed by atoms with Gasteiger partial charge in [0.2, 0.25) is 0 Å². The maximum atomic E-state index is 12.9. The third-order valence-corrected chi connectivity index (χ3v) is 4.01. The molecule has 0 aliphatic heterocycles. The van der Waals surface area contributed by atoms with Crippen molar-refractivity contribution in [2.24, 2.45) is 0 Å². The number of rotatable bonds is 7. The summed E-state index contributed by atoms with van der Waals surface area (Å²) in [4.78, 5) is 0. The van der Waals surface area contributed by atoms with Gasteiger partial charge >= 0.3 is 0 Å². The van der Waals surface area contributed by atoms with E-state index in [2.05, 4.69) is 36.5 Å². The van der Waals surface area contributed by atoms with Crippen LogP contribution in [0.15, 0.2) is 72.8 Å². The maximum Gasteiger partial charge on any atom is 0.124 e. The Balaban J connectivity index is 1.57. The van der Waals surface area contributed by atoms with Gasteiger partial charge in [-0.05, 0) is 36.2 Å². The van der Waals surface area contributed by atoms with Gasteiger partial charge in [-0.2, -0.15) is 0 Å². The molecule has 0 aliphatic carbocycles. The summed E-state index contributed by atoms with van der Waals surface area (Å²) in [6, 6.07) is 22.9. The number of halogens is 1. The van der Waals surface area contributed by atoms with Crippen LogP contribution in [0.3, 0.4) is 0 Å². The van der Waals surface area contributed by atoms with Crippen molar-refractivity contribution < 1.29 is 9.13 Å². The van der Waals surface area contributed by atoms with Crippen LogP contribution >= 0.6 is 0 Å². The molecule has 0 aliphatic rings. The Labute approximate surface area is 148 Å². The van der Waals surface area contributed by atoms with Gasteiger partial charge in [0.05, 0.1) is 0 Å². The lowest BCUT2D eigenvalue weighted by atomic mass is 10.1. The zero-order chi connectivity index (χ0) is 17.5. The average molecular weight is 335 g/mol. The minimum atomic E-state index is -0.210. The molecule has 3 aromatic carbocycles.